The maximum Gasteiger partial charge on any atom is 0.214 e. The number of hydrogen-bond acceptors (Lipinski definition) is 5. The van der Waals surface area contributed by atoms with Crippen LogP contribution in [0.4, 0.5) is 4.39 Å². The van der Waals surface area contributed by atoms with E-state index in [0.29, 0.717) is 10.7 Å². The Morgan fingerprint density at radius 3 is 2.62 bits per heavy atom. The van der Waals surface area contributed by atoms with Crippen molar-refractivity contribution < 1.29 is 9.18 Å². The van der Waals surface area contributed by atoms with Crippen molar-refractivity contribution in [3.63, 3.8) is 0 Å². The molecule has 3 rings (SSSR count). The van der Waals surface area contributed by atoms with Crippen LogP contribution in [0.1, 0.15) is 21.5 Å². The number of carbonyl (C=O) groups is 1. The molecule has 1 aromatic heterocycles. The van der Waals surface area contributed by atoms with Crippen molar-refractivity contribution in [3.8, 4) is 5.69 Å². The Labute approximate surface area is 142 Å². The zero-order chi connectivity index (χ0) is 17.1. The Hall–Kier alpha value is -2.54. The highest BCUT2D eigenvalue weighted by Crippen LogP contribution is 2.22. The average Bonchev–Trinajstić information content (AvgIpc) is 3.01. The number of nitrogens with zero attached hydrogens (tertiary/aromatic N) is 4. The van der Waals surface area contributed by atoms with Crippen LogP contribution in [0.5, 0.6) is 0 Å². The lowest BCUT2D eigenvalue weighted by Gasteiger charge is -2.08. The predicted molar refractivity (Wildman–Crippen MR) is 90.1 cm³/mol. The molecule has 122 valence electrons. The topological polar surface area (TPSA) is 60.7 Å². The summed E-state index contributed by atoms with van der Waals surface area (Å²) in [4.78, 5) is 12.2. The van der Waals surface area contributed by atoms with Gasteiger partial charge in [0.2, 0.25) is 5.16 Å². The van der Waals surface area contributed by atoms with Crippen molar-refractivity contribution in [2.75, 3.05) is 5.75 Å². The summed E-state index contributed by atoms with van der Waals surface area (Å²) in [5, 5.41) is 12.2. The number of aromatic nitrogens is 4. The van der Waals surface area contributed by atoms with Gasteiger partial charge in [0, 0.05) is 5.56 Å². The summed E-state index contributed by atoms with van der Waals surface area (Å²) in [5.41, 5.74) is 3.55. The highest BCUT2D eigenvalue weighted by molar-refractivity contribution is 7.99. The third kappa shape index (κ3) is 3.51. The molecule has 0 N–H and O–H groups in total. The molecular formula is C17H15FN4OS. The van der Waals surface area contributed by atoms with Crippen molar-refractivity contribution in [3.05, 3.63) is 65.0 Å². The number of thioether (sulfide) groups is 1. The van der Waals surface area contributed by atoms with Crippen molar-refractivity contribution in [2.24, 2.45) is 0 Å². The third-order valence-corrected chi connectivity index (χ3v) is 4.44. The summed E-state index contributed by atoms with van der Waals surface area (Å²) >= 11 is 1.25. The van der Waals surface area contributed by atoms with Crippen LogP contribution in [0, 0.1) is 19.7 Å². The SMILES string of the molecule is Cc1ccc(-n2nnnc2SCC(=O)c2ccc(F)cc2)c(C)c1. The Morgan fingerprint density at radius 1 is 1.17 bits per heavy atom. The van der Waals surface area contributed by atoms with Gasteiger partial charge in [-0.05, 0) is 60.2 Å². The standard InChI is InChI=1S/C17H15FN4OS/c1-11-3-8-15(12(2)9-11)22-17(19-20-21-22)24-10-16(23)13-4-6-14(18)7-5-13/h3-9H,10H2,1-2H3. The monoisotopic (exact) mass is 342 g/mol. The molecule has 3 aromatic rings. The van der Waals surface area contributed by atoms with E-state index in [9.17, 15) is 9.18 Å². The van der Waals surface area contributed by atoms with Crippen molar-refractivity contribution >= 4 is 17.5 Å². The molecule has 0 radical (unpaired) electrons. The van der Waals surface area contributed by atoms with Crippen LogP contribution < -0.4 is 0 Å². The van der Waals surface area contributed by atoms with Crippen molar-refractivity contribution in [2.45, 2.75) is 19.0 Å². The van der Waals surface area contributed by atoms with Crippen LogP contribution in [0.3, 0.4) is 0 Å². The minimum atomic E-state index is -0.363. The third-order valence-electron chi connectivity index (χ3n) is 3.52. The molecule has 7 heteroatoms. The maximum atomic E-state index is 12.9. The summed E-state index contributed by atoms with van der Waals surface area (Å²) in [6.45, 7) is 4.01. The lowest BCUT2D eigenvalue weighted by molar-refractivity contribution is 0.102. The smallest absolute Gasteiger partial charge is 0.214 e. The summed E-state index contributed by atoms with van der Waals surface area (Å²) in [5.74, 6) is -0.287. The molecule has 24 heavy (non-hydrogen) atoms. The number of Topliss-reactive ketones (excluding diaryl/α,β-unsaturated/α-hetero) is 1. The lowest BCUT2D eigenvalue weighted by atomic mass is 10.1. The first-order valence-electron chi connectivity index (χ1n) is 7.32. The summed E-state index contributed by atoms with van der Waals surface area (Å²) in [6, 6.07) is 11.5. The fraction of sp³-hybridized carbons (Fsp3) is 0.176. The molecule has 0 atom stereocenters. The fourth-order valence-corrected chi connectivity index (χ4v) is 3.09. The normalized spacial score (nSPS) is 10.8. The molecule has 0 aliphatic rings. The molecule has 0 amide bonds. The van der Waals surface area contributed by atoms with Gasteiger partial charge in [0.05, 0.1) is 11.4 Å². The minimum Gasteiger partial charge on any atom is -0.293 e. The molecule has 0 saturated heterocycles. The zero-order valence-corrected chi connectivity index (χ0v) is 14.0. The number of aryl methyl sites for hydroxylation is 2. The van der Waals surface area contributed by atoms with Crippen LogP contribution >= 0.6 is 11.8 Å². The molecule has 0 aliphatic carbocycles. The van der Waals surface area contributed by atoms with E-state index >= 15 is 0 Å². The van der Waals surface area contributed by atoms with Gasteiger partial charge >= 0.3 is 0 Å². The van der Waals surface area contributed by atoms with E-state index in [1.54, 1.807) is 4.68 Å². The Bertz CT molecular complexity index is 877. The van der Waals surface area contributed by atoms with Gasteiger partial charge < -0.3 is 0 Å². The molecule has 2 aromatic carbocycles. The first-order valence-corrected chi connectivity index (χ1v) is 8.31. The summed E-state index contributed by atoms with van der Waals surface area (Å²) < 4.78 is 14.5. The second-order valence-corrected chi connectivity index (χ2v) is 6.32. The van der Waals surface area contributed by atoms with Gasteiger partial charge in [0.15, 0.2) is 5.78 Å². The highest BCUT2D eigenvalue weighted by Gasteiger charge is 2.14. The highest BCUT2D eigenvalue weighted by atomic mass is 32.2. The van der Waals surface area contributed by atoms with Crippen molar-refractivity contribution in [1.82, 2.24) is 20.2 Å². The molecule has 0 saturated carbocycles. The first-order chi connectivity index (χ1) is 11.5. The zero-order valence-electron chi connectivity index (χ0n) is 13.2. The fourth-order valence-electron chi connectivity index (χ4n) is 2.31. The quantitative estimate of drug-likeness (QED) is 0.525. The Balaban J connectivity index is 1.76. The number of rotatable bonds is 5. The molecule has 5 nitrogen and oxygen atoms in total. The van der Waals surface area contributed by atoms with E-state index in [2.05, 4.69) is 21.6 Å². The van der Waals surface area contributed by atoms with Crippen LogP contribution in [-0.2, 0) is 0 Å². The van der Waals surface area contributed by atoms with Crippen LogP contribution in [-0.4, -0.2) is 31.7 Å². The molecule has 0 fully saturated rings. The van der Waals surface area contributed by atoms with Gasteiger partial charge in [-0.25, -0.2) is 4.39 Å². The van der Waals surface area contributed by atoms with Gasteiger partial charge in [0.25, 0.3) is 0 Å². The maximum absolute atomic E-state index is 12.9. The second kappa shape index (κ2) is 6.92. The molecule has 0 unspecified atom stereocenters. The van der Waals surface area contributed by atoms with E-state index in [4.69, 9.17) is 0 Å². The largest absolute Gasteiger partial charge is 0.293 e. The van der Waals surface area contributed by atoms with E-state index in [-0.39, 0.29) is 17.4 Å². The number of ketones is 1. The Kier molecular flexibility index (Phi) is 4.71. The van der Waals surface area contributed by atoms with Gasteiger partial charge in [-0.1, -0.05) is 29.5 Å². The number of tetrazole rings is 1. The molecular weight excluding hydrogens is 327 g/mol. The number of carbonyl (C=O) groups excluding carboxylic acids is 1. The van der Waals surface area contributed by atoms with Gasteiger partial charge in [-0.15, -0.1) is 5.10 Å². The average molecular weight is 342 g/mol. The molecule has 0 spiro atoms. The van der Waals surface area contributed by atoms with E-state index < -0.39 is 0 Å². The summed E-state index contributed by atoms with van der Waals surface area (Å²) in [7, 11) is 0. The second-order valence-electron chi connectivity index (χ2n) is 5.38. The minimum absolute atomic E-state index is 0.102. The predicted octanol–water partition coefficient (Wildman–Crippen LogP) is 3.39. The molecule has 0 aliphatic heterocycles. The molecule has 1 heterocycles. The van der Waals surface area contributed by atoms with Crippen LogP contribution in [0.2, 0.25) is 0 Å². The number of benzene rings is 2. The van der Waals surface area contributed by atoms with E-state index in [0.717, 1.165) is 16.8 Å². The van der Waals surface area contributed by atoms with Gasteiger partial charge in [-0.3, -0.25) is 4.79 Å². The van der Waals surface area contributed by atoms with E-state index in [1.165, 1.54) is 36.0 Å². The Morgan fingerprint density at radius 2 is 1.92 bits per heavy atom. The van der Waals surface area contributed by atoms with Crippen LogP contribution in [0.25, 0.3) is 5.69 Å². The summed E-state index contributed by atoms with van der Waals surface area (Å²) in [6.07, 6.45) is 0. The lowest BCUT2D eigenvalue weighted by Crippen LogP contribution is -2.06. The van der Waals surface area contributed by atoms with Crippen LogP contribution in [0.15, 0.2) is 47.6 Å². The number of halogens is 1. The number of hydrogen-bond donors (Lipinski definition) is 0. The van der Waals surface area contributed by atoms with Gasteiger partial charge in [0.1, 0.15) is 5.82 Å². The van der Waals surface area contributed by atoms with Gasteiger partial charge in [-0.2, -0.15) is 4.68 Å². The van der Waals surface area contributed by atoms with E-state index in [1.807, 2.05) is 26.0 Å². The first kappa shape index (κ1) is 16.3. The molecule has 0 bridgehead atoms. The van der Waals surface area contributed by atoms with Crippen molar-refractivity contribution in [1.29, 1.82) is 0 Å².